The van der Waals surface area contributed by atoms with Crippen molar-refractivity contribution in [3.63, 3.8) is 0 Å². The summed E-state index contributed by atoms with van der Waals surface area (Å²) in [5.74, 6) is -0.973. The zero-order chi connectivity index (χ0) is 19.7. The standard InChI is InChI=1S/C21H25F3N2O/c1-20(10-4-2-5-11-20)18(17-7-3-6-12-26-17)15-9-8-14(21(22,23)24)13-16(15)19(25)27/h2,4-5,8-10,13,17-18,26H,3,6-7,11-12H2,1H3,(H2,25,27)/t17-,18-,20?/m1/s1. The van der Waals surface area contributed by atoms with Gasteiger partial charge in [0, 0.05) is 17.5 Å². The fourth-order valence-electron chi connectivity index (χ4n) is 4.39. The molecule has 3 N–H and O–H groups in total. The van der Waals surface area contributed by atoms with E-state index in [-0.39, 0.29) is 22.9 Å². The molecule has 1 aromatic rings. The van der Waals surface area contributed by atoms with Crippen molar-refractivity contribution in [2.45, 2.75) is 50.7 Å². The summed E-state index contributed by atoms with van der Waals surface area (Å²) >= 11 is 0. The molecule has 3 nitrogen and oxygen atoms in total. The van der Waals surface area contributed by atoms with Gasteiger partial charge in [0.1, 0.15) is 0 Å². The minimum atomic E-state index is -4.52. The summed E-state index contributed by atoms with van der Waals surface area (Å²) in [5.41, 5.74) is 4.91. The lowest BCUT2D eigenvalue weighted by molar-refractivity contribution is -0.137. The summed E-state index contributed by atoms with van der Waals surface area (Å²) in [6.07, 6.45) is 7.37. The maximum absolute atomic E-state index is 13.2. The highest BCUT2D eigenvalue weighted by atomic mass is 19.4. The van der Waals surface area contributed by atoms with E-state index in [1.54, 1.807) is 0 Å². The first-order valence-electron chi connectivity index (χ1n) is 9.31. The maximum Gasteiger partial charge on any atom is 0.416 e. The first-order chi connectivity index (χ1) is 12.7. The average molecular weight is 378 g/mol. The number of nitrogens with two attached hydrogens (primary N) is 1. The van der Waals surface area contributed by atoms with E-state index >= 15 is 0 Å². The van der Waals surface area contributed by atoms with Gasteiger partial charge in [0.2, 0.25) is 5.91 Å². The van der Waals surface area contributed by atoms with Crippen LogP contribution in [-0.2, 0) is 6.18 Å². The van der Waals surface area contributed by atoms with Crippen LogP contribution in [-0.4, -0.2) is 18.5 Å². The minimum absolute atomic E-state index is 0.0358. The SMILES string of the molecule is CC1([C@H](c2ccc(C(F)(F)F)cc2C(N)=O)[C@H]2CCCCN2)C=CC=CC1. The number of hydrogen-bond acceptors (Lipinski definition) is 2. The van der Waals surface area contributed by atoms with E-state index in [0.717, 1.165) is 44.4 Å². The summed E-state index contributed by atoms with van der Waals surface area (Å²) in [6, 6.07) is 3.49. The fourth-order valence-corrected chi connectivity index (χ4v) is 4.39. The van der Waals surface area contributed by atoms with Crippen LogP contribution in [0.2, 0.25) is 0 Å². The third kappa shape index (κ3) is 4.10. The van der Waals surface area contributed by atoms with Gasteiger partial charge < -0.3 is 11.1 Å². The van der Waals surface area contributed by atoms with E-state index in [2.05, 4.69) is 24.4 Å². The molecule has 1 aromatic carbocycles. The van der Waals surface area contributed by atoms with Gasteiger partial charge in [-0.15, -0.1) is 0 Å². The van der Waals surface area contributed by atoms with Gasteiger partial charge in [0.25, 0.3) is 0 Å². The van der Waals surface area contributed by atoms with Crippen LogP contribution in [0, 0.1) is 5.41 Å². The van der Waals surface area contributed by atoms with E-state index in [9.17, 15) is 18.0 Å². The zero-order valence-corrected chi connectivity index (χ0v) is 15.4. The molecule has 0 spiro atoms. The Kier molecular flexibility index (Phi) is 5.47. The van der Waals surface area contributed by atoms with Crippen molar-refractivity contribution >= 4 is 5.91 Å². The van der Waals surface area contributed by atoms with Gasteiger partial charge in [-0.05, 0) is 48.9 Å². The van der Waals surface area contributed by atoms with Gasteiger partial charge >= 0.3 is 6.18 Å². The van der Waals surface area contributed by atoms with E-state index in [1.165, 1.54) is 6.07 Å². The highest BCUT2D eigenvalue weighted by Gasteiger charge is 2.41. The largest absolute Gasteiger partial charge is 0.416 e. The molecule has 1 aliphatic carbocycles. The monoisotopic (exact) mass is 378 g/mol. The van der Waals surface area contributed by atoms with Gasteiger partial charge in [-0.3, -0.25) is 4.79 Å². The van der Waals surface area contributed by atoms with Crippen LogP contribution in [0.5, 0.6) is 0 Å². The maximum atomic E-state index is 13.2. The number of carbonyl (C=O) groups is 1. The number of amides is 1. The lowest BCUT2D eigenvalue weighted by Crippen LogP contribution is -2.45. The molecule has 3 atom stereocenters. The molecular formula is C21H25F3N2O. The molecule has 27 heavy (non-hydrogen) atoms. The van der Waals surface area contributed by atoms with Crippen molar-refractivity contribution < 1.29 is 18.0 Å². The topological polar surface area (TPSA) is 55.1 Å². The van der Waals surface area contributed by atoms with E-state index in [1.807, 2.05) is 12.2 Å². The number of benzene rings is 1. The van der Waals surface area contributed by atoms with Crippen molar-refractivity contribution in [1.29, 1.82) is 0 Å². The van der Waals surface area contributed by atoms with Crippen LogP contribution in [0.4, 0.5) is 13.2 Å². The molecule has 1 unspecified atom stereocenters. The molecule has 0 aromatic heterocycles. The van der Waals surface area contributed by atoms with Crippen molar-refractivity contribution in [3.05, 3.63) is 59.2 Å². The molecule has 0 saturated carbocycles. The second-order valence-electron chi connectivity index (χ2n) is 7.70. The summed E-state index contributed by atoms with van der Waals surface area (Å²) in [4.78, 5) is 12.1. The number of hydrogen-bond donors (Lipinski definition) is 2. The smallest absolute Gasteiger partial charge is 0.366 e. The lowest BCUT2D eigenvalue weighted by Gasteiger charge is -2.43. The number of nitrogens with one attached hydrogen (secondary N) is 1. The second kappa shape index (κ2) is 7.50. The average Bonchev–Trinajstić information content (AvgIpc) is 2.62. The molecule has 2 aliphatic rings. The third-order valence-corrected chi connectivity index (χ3v) is 5.72. The zero-order valence-electron chi connectivity index (χ0n) is 15.4. The van der Waals surface area contributed by atoms with Gasteiger partial charge in [-0.2, -0.15) is 13.2 Å². The van der Waals surface area contributed by atoms with Crippen LogP contribution in [0.1, 0.15) is 60.0 Å². The van der Waals surface area contributed by atoms with Gasteiger partial charge in [-0.25, -0.2) is 0 Å². The first kappa shape index (κ1) is 19.7. The molecule has 1 aliphatic heterocycles. The van der Waals surface area contributed by atoms with Crippen LogP contribution < -0.4 is 11.1 Å². The van der Waals surface area contributed by atoms with E-state index in [4.69, 9.17) is 5.73 Å². The summed E-state index contributed by atoms with van der Waals surface area (Å²) in [6.45, 7) is 2.96. The molecule has 146 valence electrons. The Morgan fingerprint density at radius 1 is 1.30 bits per heavy atom. The Morgan fingerprint density at radius 2 is 2.07 bits per heavy atom. The highest BCUT2D eigenvalue weighted by molar-refractivity contribution is 5.95. The number of carbonyl (C=O) groups excluding carboxylic acids is 1. The molecule has 1 amide bonds. The van der Waals surface area contributed by atoms with Gasteiger partial charge in [0.05, 0.1) is 5.56 Å². The number of allylic oxidation sites excluding steroid dienone is 4. The molecule has 1 fully saturated rings. The lowest BCUT2D eigenvalue weighted by atomic mass is 9.64. The summed E-state index contributed by atoms with van der Waals surface area (Å²) in [5, 5.41) is 3.52. The Hall–Kier alpha value is -2.08. The Bertz CT molecular complexity index is 763. The van der Waals surface area contributed by atoms with Crippen molar-refractivity contribution in [2.75, 3.05) is 6.54 Å². The Balaban J connectivity index is 2.12. The quantitative estimate of drug-likeness (QED) is 0.807. The summed E-state index contributed by atoms with van der Waals surface area (Å²) < 4.78 is 39.5. The van der Waals surface area contributed by atoms with Crippen LogP contribution >= 0.6 is 0 Å². The number of alkyl halides is 3. The third-order valence-electron chi connectivity index (χ3n) is 5.72. The van der Waals surface area contributed by atoms with Crippen molar-refractivity contribution in [3.8, 4) is 0 Å². The molecule has 6 heteroatoms. The summed E-state index contributed by atoms with van der Waals surface area (Å²) in [7, 11) is 0. The number of halogens is 3. The van der Waals surface area contributed by atoms with Crippen LogP contribution in [0.3, 0.4) is 0 Å². The first-order valence-corrected chi connectivity index (χ1v) is 9.31. The van der Waals surface area contributed by atoms with Crippen LogP contribution in [0.25, 0.3) is 0 Å². The van der Waals surface area contributed by atoms with Crippen LogP contribution in [0.15, 0.2) is 42.5 Å². The Morgan fingerprint density at radius 3 is 2.63 bits per heavy atom. The van der Waals surface area contributed by atoms with E-state index in [0.29, 0.717) is 5.56 Å². The second-order valence-corrected chi connectivity index (χ2v) is 7.70. The molecule has 1 saturated heterocycles. The van der Waals surface area contributed by atoms with Crippen molar-refractivity contribution in [1.82, 2.24) is 5.32 Å². The van der Waals surface area contributed by atoms with Crippen molar-refractivity contribution in [2.24, 2.45) is 11.1 Å². The molecule has 0 bridgehead atoms. The number of primary amides is 1. The van der Waals surface area contributed by atoms with Gasteiger partial charge in [0.15, 0.2) is 0 Å². The molecule has 3 rings (SSSR count). The number of piperidine rings is 1. The predicted octanol–water partition coefficient (Wildman–Crippen LogP) is 4.55. The highest BCUT2D eigenvalue weighted by Crippen LogP contribution is 2.47. The molecular weight excluding hydrogens is 353 g/mol. The molecule has 1 heterocycles. The predicted molar refractivity (Wildman–Crippen MR) is 99.3 cm³/mol. The number of rotatable bonds is 4. The molecule has 0 radical (unpaired) electrons. The minimum Gasteiger partial charge on any atom is -0.366 e. The Labute approximate surface area is 157 Å². The van der Waals surface area contributed by atoms with E-state index < -0.39 is 17.6 Å². The fraction of sp³-hybridized carbons (Fsp3) is 0.476. The van der Waals surface area contributed by atoms with Gasteiger partial charge in [-0.1, -0.05) is 43.7 Å². The normalized spacial score (nSPS) is 26.7.